The Morgan fingerprint density at radius 1 is 0.905 bits per heavy atom. The third-order valence-electron chi connectivity index (χ3n) is 3.01. The summed E-state index contributed by atoms with van der Waals surface area (Å²) in [6, 6.07) is 16.0. The largest absolute Gasteiger partial charge is 0.419 e. The predicted octanol–water partition coefficient (Wildman–Crippen LogP) is 3.17. The molecule has 3 aromatic rings. The Labute approximate surface area is 121 Å². The second-order valence-corrected chi connectivity index (χ2v) is 4.60. The third-order valence-corrected chi connectivity index (χ3v) is 3.01. The first-order chi connectivity index (χ1) is 10.3. The number of rotatable bonds is 5. The van der Waals surface area contributed by atoms with E-state index in [9.17, 15) is 4.39 Å². The minimum Gasteiger partial charge on any atom is -0.419 e. The average Bonchev–Trinajstić information content (AvgIpc) is 2.98. The van der Waals surface area contributed by atoms with E-state index >= 15 is 0 Å². The zero-order valence-electron chi connectivity index (χ0n) is 11.3. The molecule has 0 unspecified atom stereocenters. The van der Waals surface area contributed by atoms with Crippen LogP contribution in [0.5, 0.6) is 0 Å². The molecule has 0 amide bonds. The fourth-order valence-electron chi connectivity index (χ4n) is 1.94. The SMILES string of the molecule is Fc1ccc(-c2nnc(CNCc3ccccc3)o2)cc1. The molecule has 0 fully saturated rings. The van der Waals surface area contributed by atoms with Gasteiger partial charge in [-0.05, 0) is 29.8 Å². The van der Waals surface area contributed by atoms with Gasteiger partial charge in [0.15, 0.2) is 0 Å². The van der Waals surface area contributed by atoms with E-state index in [0.29, 0.717) is 23.9 Å². The number of nitrogens with one attached hydrogen (secondary N) is 1. The third kappa shape index (κ3) is 3.52. The highest BCUT2D eigenvalue weighted by atomic mass is 19.1. The molecule has 0 atom stereocenters. The van der Waals surface area contributed by atoms with Gasteiger partial charge in [-0.25, -0.2) is 4.39 Å². The van der Waals surface area contributed by atoms with Gasteiger partial charge in [-0.2, -0.15) is 0 Å². The maximum Gasteiger partial charge on any atom is 0.247 e. The van der Waals surface area contributed by atoms with Gasteiger partial charge >= 0.3 is 0 Å². The van der Waals surface area contributed by atoms with E-state index < -0.39 is 0 Å². The Morgan fingerprint density at radius 2 is 1.67 bits per heavy atom. The minimum absolute atomic E-state index is 0.289. The maximum absolute atomic E-state index is 12.9. The molecule has 0 aliphatic heterocycles. The summed E-state index contributed by atoms with van der Waals surface area (Å²) in [5, 5.41) is 11.2. The van der Waals surface area contributed by atoms with Crippen molar-refractivity contribution in [2.75, 3.05) is 0 Å². The van der Waals surface area contributed by atoms with Crippen LogP contribution < -0.4 is 5.32 Å². The summed E-state index contributed by atoms with van der Waals surface area (Å²) in [4.78, 5) is 0. The molecule has 1 aromatic heterocycles. The molecule has 5 heteroatoms. The van der Waals surface area contributed by atoms with Gasteiger partial charge < -0.3 is 9.73 Å². The second-order valence-electron chi connectivity index (χ2n) is 4.60. The minimum atomic E-state index is -0.289. The Kier molecular flexibility index (Phi) is 4.02. The molecule has 1 heterocycles. The molecule has 4 nitrogen and oxygen atoms in total. The van der Waals surface area contributed by atoms with Gasteiger partial charge in [-0.1, -0.05) is 30.3 Å². The van der Waals surface area contributed by atoms with E-state index in [-0.39, 0.29) is 5.82 Å². The fraction of sp³-hybridized carbons (Fsp3) is 0.125. The molecule has 0 saturated carbocycles. The van der Waals surface area contributed by atoms with Crippen LogP contribution in [0.4, 0.5) is 4.39 Å². The predicted molar refractivity (Wildman–Crippen MR) is 76.7 cm³/mol. The summed E-state index contributed by atoms with van der Waals surface area (Å²) in [5.41, 5.74) is 1.90. The second kappa shape index (κ2) is 6.28. The lowest BCUT2D eigenvalue weighted by Gasteiger charge is -2.01. The van der Waals surface area contributed by atoms with E-state index in [1.165, 1.54) is 17.7 Å². The summed E-state index contributed by atoms with van der Waals surface area (Å²) in [6.07, 6.45) is 0. The van der Waals surface area contributed by atoms with Crippen molar-refractivity contribution < 1.29 is 8.81 Å². The maximum atomic E-state index is 12.9. The van der Waals surface area contributed by atoms with Crippen molar-refractivity contribution in [1.82, 2.24) is 15.5 Å². The lowest BCUT2D eigenvalue weighted by molar-refractivity contribution is 0.477. The highest BCUT2D eigenvalue weighted by Gasteiger charge is 2.08. The van der Waals surface area contributed by atoms with Crippen LogP contribution in [-0.2, 0) is 13.1 Å². The first-order valence-corrected chi connectivity index (χ1v) is 6.64. The van der Waals surface area contributed by atoms with Crippen LogP contribution in [0, 0.1) is 5.82 Å². The van der Waals surface area contributed by atoms with E-state index in [4.69, 9.17) is 4.42 Å². The van der Waals surface area contributed by atoms with Crippen LogP contribution in [0.15, 0.2) is 59.0 Å². The highest BCUT2D eigenvalue weighted by molar-refractivity contribution is 5.51. The highest BCUT2D eigenvalue weighted by Crippen LogP contribution is 2.17. The van der Waals surface area contributed by atoms with Crippen LogP contribution in [0.3, 0.4) is 0 Å². The number of nitrogens with zero attached hydrogens (tertiary/aromatic N) is 2. The van der Waals surface area contributed by atoms with Crippen molar-refractivity contribution in [3.05, 3.63) is 71.9 Å². The van der Waals surface area contributed by atoms with Gasteiger partial charge in [0.1, 0.15) is 5.82 Å². The van der Waals surface area contributed by atoms with Gasteiger partial charge in [0.2, 0.25) is 11.8 Å². The van der Waals surface area contributed by atoms with Crippen molar-refractivity contribution in [3.63, 3.8) is 0 Å². The van der Waals surface area contributed by atoms with Crippen LogP contribution in [0.1, 0.15) is 11.5 Å². The van der Waals surface area contributed by atoms with Gasteiger partial charge in [0, 0.05) is 12.1 Å². The van der Waals surface area contributed by atoms with Gasteiger partial charge in [0.25, 0.3) is 0 Å². The Morgan fingerprint density at radius 3 is 2.43 bits per heavy atom. The molecule has 0 spiro atoms. The van der Waals surface area contributed by atoms with Gasteiger partial charge in [-0.15, -0.1) is 10.2 Å². The summed E-state index contributed by atoms with van der Waals surface area (Å²) in [5.74, 6) is 0.611. The van der Waals surface area contributed by atoms with Crippen LogP contribution >= 0.6 is 0 Å². The van der Waals surface area contributed by atoms with Crippen molar-refractivity contribution in [3.8, 4) is 11.5 Å². The molecule has 0 bridgehead atoms. The van der Waals surface area contributed by atoms with E-state index in [1.807, 2.05) is 30.3 Å². The van der Waals surface area contributed by atoms with Crippen molar-refractivity contribution in [2.45, 2.75) is 13.1 Å². The lowest BCUT2D eigenvalue weighted by atomic mass is 10.2. The Balaban J connectivity index is 1.59. The Hall–Kier alpha value is -2.53. The van der Waals surface area contributed by atoms with Crippen molar-refractivity contribution in [2.24, 2.45) is 0 Å². The average molecular weight is 283 g/mol. The number of halogens is 1. The summed E-state index contributed by atoms with van der Waals surface area (Å²) < 4.78 is 18.4. The van der Waals surface area contributed by atoms with Crippen LogP contribution in [-0.4, -0.2) is 10.2 Å². The van der Waals surface area contributed by atoms with Gasteiger partial charge in [-0.3, -0.25) is 0 Å². The fourth-order valence-corrected chi connectivity index (χ4v) is 1.94. The number of aromatic nitrogens is 2. The topological polar surface area (TPSA) is 51.0 Å². The molecule has 21 heavy (non-hydrogen) atoms. The lowest BCUT2D eigenvalue weighted by Crippen LogP contribution is -2.12. The molecule has 0 saturated heterocycles. The summed E-state index contributed by atoms with van der Waals surface area (Å²) in [7, 11) is 0. The van der Waals surface area contributed by atoms with E-state index in [2.05, 4.69) is 15.5 Å². The number of hydrogen-bond acceptors (Lipinski definition) is 4. The first-order valence-electron chi connectivity index (χ1n) is 6.64. The molecule has 0 radical (unpaired) electrons. The first kappa shape index (κ1) is 13.5. The summed E-state index contributed by atoms with van der Waals surface area (Å²) in [6.45, 7) is 1.22. The van der Waals surface area contributed by atoms with E-state index in [1.54, 1.807) is 12.1 Å². The van der Waals surface area contributed by atoms with Crippen LogP contribution in [0.25, 0.3) is 11.5 Å². The molecular formula is C16H14FN3O. The zero-order chi connectivity index (χ0) is 14.5. The molecule has 1 N–H and O–H groups in total. The van der Waals surface area contributed by atoms with E-state index in [0.717, 1.165) is 6.54 Å². The zero-order valence-corrected chi connectivity index (χ0v) is 11.3. The molecule has 106 valence electrons. The molecular weight excluding hydrogens is 269 g/mol. The normalized spacial score (nSPS) is 10.7. The smallest absolute Gasteiger partial charge is 0.247 e. The van der Waals surface area contributed by atoms with Crippen LogP contribution in [0.2, 0.25) is 0 Å². The molecule has 2 aromatic carbocycles. The molecule has 3 rings (SSSR count). The standard InChI is InChI=1S/C16H14FN3O/c17-14-8-6-13(7-9-14)16-20-19-15(21-16)11-18-10-12-4-2-1-3-5-12/h1-9,18H,10-11H2. The number of benzene rings is 2. The van der Waals surface area contributed by atoms with Crippen molar-refractivity contribution >= 4 is 0 Å². The van der Waals surface area contributed by atoms with Crippen molar-refractivity contribution in [1.29, 1.82) is 0 Å². The van der Waals surface area contributed by atoms with Gasteiger partial charge in [0.05, 0.1) is 6.54 Å². The summed E-state index contributed by atoms with van der Waals surface area (Å²) >= 11 is 0. The monoisotopic (exact) mass is 283 g/mol. The number of hydrogen-bond donors (Lipinski definition) is 1. The molecule has 0 aliphatic rings. The quantitative estimate of drug-likeness (QED) is 0.781. The molecule has 0 aliphatic carbocycles. The Bertz CT molecular complexity index is 695.